The van der Waals surface area contributed by atoms with Gasteiger partial charge in [-0.05, 0) is 12.1 Å². The summed E-state index contributed by atoms with van der Waals surface area (Å²) in [6, 6.07) is 3.47. The molecule has 0 saturated heterocycles. The molecule has 1 amide bonds. The highest BCUT2D eigenvalue weighted by atomic mass is 127. The number of aromatic nitrogens is 1. The molecular weight excluding hydrogens is 243 g/mol. The summed E-state index contributed by atoms with van der Waals surface area (Å²) >= 11 is 1.68. The summed E-state index contributed by atoms with van der Waals surface area (Å²) in [5.74, 6) is 0. The van der Waals surface area contributed by atoms with E-state index in [0.29, 0.717) is 0 Å². The van der Waals surface area contributed by atoms with Crippen LogP contribution in [0.4, 0.5) is 10.5 Å². The molecule has 1 rings (SSSR count). The first-order valence-corrected chi connectivity index (χ1v) is 3.73. The van der Waals surface area contributed by atoms with Crippen LogP contribution in [0.15, 0.2) is 24.5 Å². The van der Waals surface area contributed by atoms with E-state index in [4.69, 9.17) is 0 Å². The summed E-state index contributed by atoms with van der Waals surface area (Å²) in [7, 11) is 0. The number of nitrogens with zero attached hydrogens (tertiary/aromatic N) is 1. The highest BCUT2D eigenvalue weighted by molar-refractivity contribution is 14.1. The summed E-state index contributed by atoms with van der Waals surface area (Å²) in [4.78, 5) is 14.3. The van der Waals surface area contributed by atoms with Crippen LogP contribution in [0.3, 0.4) is 0 Å². The van der Waals surface area contributed by atoms with E-state index in [1.165, 1.54) is 0 Å². The Morgan fingerprint density at radius 3 is 2.60 bits per heavy atom. The van der Waals surface area contributed by atoms with Crippen LogP contribution in [0.5, 0.6) is 0 Å². The van der Waals surface area contributed by atoms with Gasteiger partial charge in [-0.25, -0.2) is 0 Å². The summed E-state index contributed by atoms with van der Waals surface area (Å²) in [5.41, 5.74) is 0.773. The first-order valence-electron chi connectivity index (χ1n) is 2.65. The number of carbonyl (C=O) groups excluding carboxylic acids is 1. The van der Waals surface area contributed by atoms with E-state index in [-0.39, 0.29) is 3.91 Å². The highest BCUT2D eigenvalue weighted by Crippen LogP contribution is 2.04. The molecule has 1 N–H and O–H groups in total. The van der Waals surface area contributed by atoms with Crippen LogP contribution in [-0.4, -0.2) is 8.90 Å². The largest absolute Gasteiger partial charge is 0.317 e. The minimum absolute atomic E-state index is 0.0937. The molecule has 52 valence electrons. The fourth-order valence-electron chi connectivity index (χ4n) is 0.549. The van der Waals surface area contributed by atoms with Gasteiger partial charge >= 0.3 is 0 Å². The third-order valence-electron chi connectivity index (χ3n) is 0.923. The Morgan fingerprint density at radius 2 is 2.10 bits per heavy atom. The van der Waals surface area contributed by atoms with Gasteiger partial charge in [0.25, 0.3) is 3.91 Å². The van der Waals surface area contributed by atoms with Crippen LogP contribution in [-0.2, 0) is 0 Å². The van der Waals surface area contributed by atoms with Crippen molar-refractivity contribution in [3.8, 4) is 0 Å². The van der Waals surface area contributed by atoms with Gasteiger partial charge in [-0.1, -0.05) is 0 Å². The van der Waals surface area contributed by atoms with Crippen molar-refractivity contribution in [2.75, 3.05) is 5.32 Å². The fraction of sp³-hybridized carbons (Fsp3) is 0. The minimum Gasteiger partial charge on any atom is -0.317 e. The Labute approximate surface area is 72.0 Å². The number of carbonyl (C=O) groups is 1. The Bertz CT molecular complexity index is 224. The van der Waals surface area contributed by atoms with Gasteiger partial charge in [-0.3, -0.25) is 9.78 Å². The van der Waals surface area contributed by atoms with Gasteiger partial charge in [0.05, 0.1) is 0 Å². The molecule has 1 heterocycles. The summed E-state index contributed by atoms with van der Waals surface area (Å²) in [6.45, 7) is 0. The minimum atomic E-state index is -0.0937. The van der Waals surface area contributed by atoms with Gasteiger partial charge in [0.2, 0.25) is 0 Å². The van der Waals surface area contributed by atoms with Crippen LogP contribution in [0.25, 0.3) is 0 Å². The Balaban J connectivity index is 2.67. The monoisotopic (exact) mass is 248 g/mol. The van der Waals surface area contributed by atoms with Crippen molar-refractivity contribution in [3.63, 3.8) is 0 Å². The van der Waals surface area contributed by atoms with E-state index in [2.05, 4.69) is 10.3 Å². The van der Waals surface area contributed by atoms with Gasteiger partial charge in [0, 0.05) is 40.7 Å². The highest BCUT2D eigenvalue weighted by Gasteiger charge is 1.92. The van der Waals surface area contributed by atoms with Gasteiger partial charge in [0.1, 0.15) is 0 Å². The van der Waals surface area contributed by atoms with Crippen LogP contribution in [0.1, 0.15) is 0 Å². The maximum absolute atomic E-state index is 10.5. The molecule has 1 aromatic heterocycles. The second kappa shape index (κ2) is 3.50. The van der Waals surface area contributed by atoms with Crippen molar-refractivity contribution in [1.82, 2.24) is 4.98 Å². The topological polar surface area (TPSA) is 42.0 Å². The van der Waals surface area contributed by atoms with E-state index in [9.17, 15) is 4.79 Å². The molecule has 10 heavy (non-hydrogen) atoms. The van der Waals surface area contributed by atoms with E-state index in [0.717, 1.165) is 5.69 Å². The third-order valence-corrected chi connectivity index (χ3v) is 1.19. The van der Waals surface area contributed by atoms with Crippen LogP contribution in [0, 0.1) is 0 Å². The number of halogens is 1. The molecule has 0 radical (unpaired) electrons. The molecule has 0 fully saturated rings. The lowest BCUT2D eigenvalue weighted by molar-refractivity contribution is 0.272. The fourth-order valence-corrected chi connectivity index (χ4v) is 0.860. The lowest BCUT2D eigenvalue weighted by Crippen LogP contribution is -1.99. The first-order chi connectivity index (χ1) is 4.79. The van der Waals surface area contributed by atoms with Crippen LogP contribution < -0.4 is 5.32 Å². The van der Waals surface area contributed by atoms with Crippen molar-refractivity contribution < 1.29 is 4.79 Å². The third kappa shape index (κ3) is 2.30. The average molecular weight is 248 g/mol. The molecule has 0 aliphatic rings. The zero-order chi connectivity index (χ0) is 7.40. The molecule has 0 unspecified atom stereocenters. The average Bonchev–Trinajstić information content (AvgIpc) is 1.88. The number of hydrogen-bond donors (Lipinski definition) is 1. The maximum Gasteiger partial charge on any atom is 0.284 e. The summed E-state index contributed by atoms with van der Waals surface area (Å²) < 4.78 is -0.0937. The zero-order valence-corrected chi connectivity index (χ0v) is 7.20. The number of anilines is 1. The predicted octanol–water partition coefficient (Wildman–Crippen LogP) is 2.05. The molecule has 4 heteroatoms. The quantitative estimate of drug-likeness (QED) is 0.469. The van der Waals surface area contributed by atoms with Crippen LogP contribution >= 0.6 is 22.6 Å². The maximum atomic E-state index is 10.5. The second-order valence-corrected chi connectivity index (χ2v) is 2.61. The number of hydrogen-bond acceptors (Lipinski definition) is 2. The Hall–Kier alpha value is -0.650. The van der Waals surface area contributed by atoms with Gasteiger partial charge < -0.3 is 5.32 Å². The van der Waals surface area contributed by atoms with E-state index < -0.39 is 0 Å². The molecule has 3 nitrogen and oxygen atoms in total. The summed E-state index contributed by atoms with van der Waals surface area (Å²) in [5, 5.41) is 2.61. The van der Waals surface area contributed by atoms with Crippen molar-refractivity contribution >= 4 is 32.2 Å². The summed E-state index contributed by atoms with van der Waals surface area (Å²) in [6.07, 6.45) is 3.25. The lowest BCUT2D eigenvalue weighted by atomic mass is 10.4. The van der Waals surface area contributed by atoms with E-state index in [1.54, 1.807) is 47.1 Å². The molecule has 0 aliphatic carbocycles. The first kappa shape index (κ1) is 7.46. The number of amides is 1. The molecule has 1 aromatic rings. The molecule has 0 spiro atoms. The van der Waals surface area contributed by atoms with Crippen molar-refractivity contribution in [1.29, 1.82) is 0 Å². The molecule has 0 bridgehead atoms. The molecule has 0 aromatic carbocycles. The SMILES string of the molecule is O=C(I)Nc1ccncc1. The standard InChI is InChI=1S/C6H5IN2O/c7-6(10)9-5-1-3-8-4-2-5/h1-4H,(H,8,9,10). The van der Waals surface area contributed by atoms with Gasteiger partial charge in [-0.15, -0.1) is 0 Å². The van der Waals surface area contributed by atoms with Gasteiger partial charge in [-0.2, -0.15) is 0 Å². The van der Waals surface area contributed by atoms with E-state index in [1.807, 2.05) is 0 Å². The smallest absolute Gasteiger partial charge is 0.284 e. The molecular formula is C6H5IN2O. The normalized spacial score (nSPS) is 8.90. The molecule has 0 saturated carbocycles. The Morgan fingerprint density at radius 1 is 1.50 bits per heavy atom. The zero-order valence-electron chi connectivity index (χ0n) is 5.04. The van der Waals surface area contributed by atoms with E-state index >= 15 is 0 Å². The lowest BCUT2D eigenvalue weighted by Gasteiger charge is -1.96. The van der Waals surface area contributed by atoms with Crippen molar-refractivity contribution in [3.05, 3.63) is 24.5 Å². The number of nitrogens with one attached hydrogen (secondary N) is 1. The molecule has 0 aliphatic heterocycles. The van der Waals surface area contributed by atoms with Crippen molar-refractivity contribution in [2.45, 2.75) is 0 Å². The second-order valence-electron chi connectivity index (χ2n) is 1.63. The van der Waals surface area contributed by atoms with Crippen LogP contribution in [0.2, 0.25) is 0 Å². The molecule has 0 atom stereocenters. The number of pyridine rings is 1. The number of rotatable bonds is 1. The Kier molecular flexibility index (Phi) is 2.61. The predicted molar refractivity (Wildman–Crippen MR) is 47.3 cm³/mol. The van der Waals surface area contributed by atoms with Gasteiger partial charge in [0.15, 0.2) is 0 Å². The van der Waals surface area contributed by atoms with Crippen molar-refractivity contribution in [2.24, 2.45) is 0 Å².